The number of nitrogens with one attached hydrogen (secondary N) is 2. The molecule has 2 aliphatic rings. The Balaban J connectivity index is 1.24. The first-order valence-electron chi connectivity index (χ1n) is 13.4. The Bertz CT molecular complexity index is 1460. The maximum absolute atomic E-state index is 13.6. The lowest BCUT2D eigenvalue weighted by molar-refractivity contribution is -0.179. The van der Waals surface area contributed by atoms with E-state index in [2.05, 4.69) is 32.1 Å². The maximum Gasteiger partial charge on any atom is 0.320 e. The van der Waals surface area contributed by atoms with Crippen molar-refractivity contribution in [2.75, 3.05) is 57.0 Å². The Hall–Kier alpha value is -3.80. The number of rotatable bonds is 9. The van der Waals surface area contributed by atoms with Crippen LogP contribution in [0.3, 0.4) is 0 Å². The largest absolute Gasteiger partial charge is 0.491 e. The van der Waals surface area contributed by atoms with Crippen molar-refractivity contribution in [3.8, 4) is 5.75 Å². The molecule has 2 fully saturated rings. The molecule has 5 rings (SSSR count). The van der Waals surface area contributed by atoms with Crippen molar-refractivity contribution in [3.63, 3.8) is 0 Å². The summed E-state index contributed by atoms with van der Waals surface area (Å²) in [7, 11) is 1.95. The normalized spacial score (nSPS) is 17.3. The number of amides is 1. The molecule has 0 unspecified atom stereocenters. The number of carbonyl (C=O) groups excluding carboxylic acids is 2. The van der Waals surface area contributed by atoms with Crippen LogP contribution in [0, 0.1) is 5.82 Å². The number of esters is 1. The average molecular weight is 583 g/mol. The van der Waals surface area contributed by atoms with Gasteiger partial charge in [-0.2, -0.15) is 0 Å². The Morgan fingerprint density at radius 2 is 2.07 bits per heavy atom. The van der Waals surface area contributed by atoms with Crippen molar-refractivity contribution in [2.45, 2.75) is 24.9 Å². The Morgan fingerprint density at radius 1 is 1.27 bits per heavy atom. The van der Waals surface area contributed by atoms with Gasteiger partial charge in [0.25, 0.3) is 0 Å². The summed E-state index contributed by atoms with van der Waals surface area (Å²) in [4.78, 5) is 37.2. The molecule has 2 N–H and O–H groups in total. The molecule has 2 aromatic carbocycles. The second kappa shape index (κ2) is 12.4. The van der Waals surface area contributed by atoms with E-state index in [9.17, 15) is 14.0 Å². The van der Waals surface area contributed by atoms with Crippen LogP contribution < -0.4 is 15.4 Å². The first-order valence-corrected chi connectivity index (χ1v) is 13.8. The van der Waals surface area contributed by atoms with E-state index in [1.54, 1.807) is 18.2 Å². The molecule has 1 aromatic heterocycles. The van der Waals surface area contributed by atoms with E-state index in [-0.39, 0.29) is 22.5 Å². The van der Waals surface area contributed by atoms with Crippen LogP contribution in [-0.4, -0.2) is 83.6 Å². The minimum atomic E-state index is -0.521. The molecule has 3 aromatic rings. The fraction of sp³-hybridized carbons (Fsp3) is 0.379. The summed E-state index contributed by atoms with van der Waals surface area (Å²) in [5.74, 6) is -0.133. The van der Waals surface area contributed by atoms with Crippen LogP contribution >= 0.6 is 11.6 Å². The third kappa shape index (κ3) is 6.92. The number of piperidine rings is 1. The van der Waals surface area contributed by atoms with Gasteiger partial charge < -0.3 is 25.0 Å². The number of hydrogen-bond acceptors (Lipinski definition) is 9. The fourth-order valence-corrected chi connectivity index (χ4v) is 5.46. The zero-order valence-electron chi connectivity index (χ0n) is 22.8. The van der Waals surface area contributed by atoms with Crippen molar-refractivity contribution in [1.29, 1.82) is 0 Å². The number of ether oxygens (including phenoxy) is 2. The van der Waals surface area contributed by atoms with E-state index in [0.717, 1.165) is 45.4 Å². The molecule has 1 spiro atoms. The average Bonchev–Trinajstić information content (AvgIpc) is 2.94. The van der Waals surface area contributed by atoms with E-state index in [0.29, 0.717) is 47.0 Å². The number of carbonyl (C=O) groups is 2. The molecule has 0 aliphatic carbocycles. The van der Waals surface area contributed by atoms with Gasteiger partial charge in [-0.3, -0.25) is 14.5 Å². The lowest BCUT2D eigenvalue weighted by Crippen LogP contribution is -2.57. The number of morpholine rings is 1. The molecule has 3 heterocycles. The predicted octanol–water partition coefficient (Wildman–Crippen LogP) is 4.38. The molecule has 0 saturated carbocycles. The molecule has 41 heavy (non-hydrogen) atoms. The molecular formula is C29H32ClFN6O4. The molecule has 10 nitrogen and oxygen atoms in total. The van der Waals surface area contributed by atoms with Gasteiger partial charge in [-0.05, 0) is 43.8 Å². The molecule has 12 heteroatoms. The van der Waals surface area contributed by atoms with Crippen molar-refractivity contribution in [2.24, 2.45) is 0 Å². The molecule has 216 valence electrons. The quantitative estimate of drug-likeness (QED) is 0.216. The van der Waals surface area contributed by atoms with Crippen LogP contribution in [0.5, 0.6) is 5.75 Å². The molecule has 0 radical (unpaired) electrons. The highest BCUT2D eigenvalue weighted by atomic mass is 35.5. The fourth-order valence-electron chi connectivity index (χ4n) is 5.28. The summed E-state index contributed by atoms with van der Waals surface area (Å²) in [6, 6.07) is 7.75. The zero-order chi connectivity index (χ0) is 29.0. The number of fused-ring (bicyclic) bond motifs is 1. The lowest BCUT2D eigenvalue weighted by Gasteiger charge is -2.45. The highest BCUT2D eigenvalue weighted by Gasteiger charge is 2.42. The number of likely N-dealkylation sites (tertiary alicyclic amines) is 1. The van der Waals surface area contributed by atoms with Crippen LogP contribution in [0.1, 0.15) is 19.3 Å². The first-order chi connectivity index (χ1) is 19.7. The van der Waals surface area contributed by atoms with Crippen LogP contribution in [0.4, 0.5) is 21.6 Å². The topological polar surface area (TPSA) is 109 Å². The van der Waals surface area contributed by atoms with E-state index in [1.807, 2.05) is 11.9 Å². The molecule has 2 saturated heterocycles. The number of likely N-dealkylation sites (N-methyl/N-ethyl adjacent to an activating group) is 1. The highest BCUT2D eigenvalue weighted by molar-refractivity contribution is 6.31. The van der Waals surface area contributed by atoms with E-state index in [1.165, 1.54) is 24.5 Å². The number of hydrogen-bond donors (Lipinski definition) is 2. The lowest BCUT2D eigenvalue weighted by atomic mass is 9.89. The molecular weight excluding hydrogens is 551 g/mol. The summed E-state index contributed by atoms with van der Waals surface area (Å²) in [5.41, 5.74) is 1.21. The second-order valence-corrected chi connectivity index (χ2v) is 10.8. The van der Waals surface area contributed by atoms with E-state index < -0.39 is 5.82 Å². The zero-order valence-corrected chi connectivity index (χ0v) is 23.5. The number of nitrogens with zero attached hydrogens (tertiary/aromatic N) is 4. The third-order valence-electron chi connectivity index (χ3n) is 7.29. The molecule has 0 atom stereocenters. The Morgan fingerprint density at radius 3 is 2.80 bits per heavy atom. The highest BCUT2D eigenvalue weighted by Crippen LogP contribution is 2.34. The second-order valence-electron chi connectivity index (χ2n) is 10.4. The van der Waals surface area contributed by atoms with Crippen LogP contribution in [-0.2, 0) is 14.3 Å². The van der Waals surface area contributed by atoms with E-state index in [4.69, 9.17) is 21.1 Å². The van der Waals surface area contributed by atoms with Gasteiger partial charge in [0.15, 0.2) is 0 Å². The molecule has 2 aliphatic heterocycles. The standard InChI is InChI=1S/C29H32ClFN6O4/c1-3-26(38)35-24-14-20-23(32-18-33-28(20)34-19-5-6-22(31)21(30)13-19)15-25(24)40-12-4-9-37-10-7-29(8-11-37)17-36(2)16-27(39)41-29/h3,5-6,13-15,18H,1,4,7-12,16-17H2,2H3,(H,35,38)(H,32,33,34). The summed E-state index contributed by atoms with van der Waals surface area (Å²) in [6.45, 7) is 7.61. The van der Waals surface area contributed by atoms with Crippen molar-refractivity contribution < 1.29 is 23.5 Å². The maximum atomic E-state index is 13.6. The Labute approximate surface area is 242 Å². The molecule has 1 amide bonds. The monoisotopic (exact) mass is 582 g/mol. The Kier molecular flexibility index (Phi) is 8.67. The smallest absolute Gasteiger partial charge is 0.320 e. The van der Waals surface area contributed by atoms with Crippen molar-refractivity contribution in [3.05, 3.63) is 60.2 Å². The van der Waals surface area contributed by atoms with Gasteiger partial charge in [-0.1, -0.05) is 18.2 Å². The first kappa shape index (κ1) is 28.7. The third-order valence-corrected chi connectivity index (χ3v) is 7.58. The number of anilines is 3. The van der Waals surface area contributed by atoms with Crippen LogP contribution in [0.15, 0.2) is 49.3 Å². The number of aromatic nitrogens is 2. The summed E-state index contributed by atoms with van der Waals surface area (Å²) in [6.07, 6.45) is 4.98. The summed E-state index contributed by atoms with van der Waals surface area (Å²) < 4.78 is 25.5. The number of halogens is 2. The summed E-state index contributed by atoms with van der Waals surface area (Å²) >= 11 is 5.93. The number of benzene rings is 2. The summed E-state index contributed by atoms with van der Waals surface area (Å²) in [5, 5.41) is 6.54. The van der Waals surface area contributed by atoms with Crippen LogP contribution in [0.25, 0.3) is 10.9 Å². The van der Waals surface area contributed by atoms with Gasteiger partial charge in [-0.15, -0.1) is 0 Å². The van der Waals surface area contributed by atoms with Gasteiger partial charge in [0.2, 0.25) is 5.91 Å². The van der Waals surface area contributed by atoms with Gasteiger partial charge in [0, 0.05) is 56.2 Å². The van der Waals surface area contributed by atoms with Crippen LogP contribution in [0.2, 0.25) is 5.02 Å². The minimum absolute atomic E-state index is 0.0166. The molecule has 0 bridgehead atoms. The minimum Gasteiger partial charge on any atom is -0.491 e. The SMILES string of the molecule is C=CC(=O)Nc1cc2c(Nc3ccc(F)c(Cl)c3)ncnc2cc1OCCCN1CCC2(CC1)CN(C)CC(=O)O2. The van der Waals surface area contributed by atoms with Crippen molar-refractivity contribution >= 4 is 51.6 Å². The van der Waals surface area contributed by atoms with Crippen molar-refractivity contribution in [1.82, 2.24) is 19.8 Å². The van der Waals surface area contributed by atoms with Gasteiger partial charge in [-0.25, -0.2) is 14.4 Å². The van der Waals surface area contributed by atoms with Gasteiger partial charge >= 0.3 is 5.97 Å². The predicted molar refractivity (Wildman–Crippen MR) is 155 cm³/mol. The van der Waals surface area contributed by atoms with E-state index >= 15 is 0 Å². The van der Waals surface area contributed by atoms with Gasteiger partial charge in [0.05, 0.1) is 29.4 Å². The van der Waals surface area contributed by atoms with Gasteiger partial charge in [0.1, 0.15) is 29.3 Å².